The number of aromatic nitrogens is 2. The van der Waals surface area contributed by atoms with Crippen LogP contribution in [0.3, 0.4) is 0 Å². The quantitative estimate of drug-likeness (QED) is 0.146. The number of nitrogens with one attached hydrogen (secondary N) is 2. The van der Waals surface area contributed by atoms with Crippen LogP contribution in [0.1, 0.15) is 30.0 Å². The van der Waals surface area contributed by atoms with Crippen molar-refractivity contribution >= 4 is 28.0 Å². The highest BCUT2D eigenvalue weighted by atomic mass is 19.1. The molecule has 0 saturated carbocycles. The summed E-state index contributed by atoms with van der Waals surface area (Å²) in [6.45, 7) is 3.60. The van der Waals surface area contributed by atoms with Gasteiger partial charge in [-0.1, -0.05) is 49.4 Å². The number of rotatable bonds is 11. The topological polar surface area (TPSA) is 70.2 Å². The second-order valence-corrected chi connectivity index (χ2v) is 9.17. The Bertz CT molecular complexity index is 1490. The standard InChI is InChI=1S/C31H32F2N4O2/c1-4-24(25-8-5-6-9-27(25)32)30(22-13-16-28-26(20-22)31(33)36-35-28)21-11-14-23(15-12-21)39-19-18-34-17-7-10-29(38)37(2)3/h5-16,20,34H,4,17-19H2,1-3H3,(H,35,36). The molecule has 2 N–H and O–H groups in total. The van der Waals surface area contributed by atoms with Crippen molar-refractivity contribution in [2.75, 3.05) is 33.8 Å². The monoisotopic (exact) mass is 530 g/mol. The van der Waals surface area contributed by atoms with Crippen molar-refractivity contribution in [3.05, 3.63) is 107 Å². The maximum Gasteiger partial charge on any atom is 0.245 e. The lowest BCUT2D eigenvalue weighted by molar-refractivity contribution is -0.123. The number of fused-ring (bicyclic) bond motifs is 1. The fraction of sp³-hybridized carbons (Fsp3) is 0.226. The van der Waals surface area contributed by atoms with Crippen LogP contribution < -0.4 is 10.1 Å². The molecule has 0 unspecified atom stereocenters. The van der Waals surface area contributed by atoms with E-state index in [4.69, 9.17) is 4.74 Å². The van der Waals surface area contributed by atoms with Crippen molar-refractivity contribution in [2.24, 2.45) is 0 Å². The highest BCUT2D eigenvalue weighted by Gasteiger charge is 2.17. The summed E-state index contributed by atoms with van der Waals surface area (Å²) in [7, 11) is 3.41. The van der Waals surface area contributed by atoms with Crippen LogP contribution >= 0.6 is 0 Å². The van der Waals surface area contributed by atoms with Gasteiger partial charge < -0.3 is 15.0 Å². The number of hydrogen-bond donors (Lipinski definition) is 2. The lowest BCUT2D eigenvalue weighted by atomic mass is 9.87. The van der Waals surface area contributed by atoms with Gasteiger partial charge in [-0.2, -0.15) is 4.39 Å². The summed E-state index contributed by atoms with van der Waals surface area (Å²) in [6.07, 6.45) is 3.88. The van der Waals surface area contributed by atoms with Gasteiger partial charge in [0.15, 0.2) is 0 Å². The zero-order valence-corrected chi connectivity index (χ0v) is 22.3. The molecule has 0 spiro atoms. The average molecular weight is 531 g/mol. The number of aromatic amines is 1. The number of H-pyrrole nitrogens is 1. The molecule has 0 saturated heterocycles. The minimum Gasteiger partial charge on any atom is -0.492 e. The van der Waals surface area contributed by atoms with Gasteiger partial charge in [-0.25, -0.2) is 4.39 Å². The molecule has 1 amide bonds. The third kappa shape index (κ3) is 6.78. The van der Waals surface area contributed by atoms with Gasteiger partial charge in [0.2, 0.25) is 11.9 Å². The van der Waals surface area contributed by atoms with Crippen molar-refractivity contribution < 1.29 is 18.3 Å². The molecule has 202 valence electrons. The van der Waals surface area contributed by atoms with Crippen LogP contribution in [0.5, 0.6) is 5.75 Å². The van der Waals surface area contributed by atoms with Crippen LogP contribution in [0.25, 0.3) is 22.0 Å². The predicted octanol–water partition coefficient (Wildman–Crippen LogP) is 5.82. The van der Waals surface area contributed by atoms with E-state index in [2.05, 4.69) is 15.5 Å². The molecule has 0 radical (unpaired) electrons. The van der Waals surface area contributed by atoms with Crippen molar-refractivity contribution in [1.82, 2.24) is 20.4 Å². The first-order valence-electron chi connectivity index (χ1n) is 12.8. The molecule has 0 fully saturated rings. The summed E-state index contributed by atoms with van der Waals surface area (Å²) < 4.78 is 35.1. The van der Waals surface area contributed by atoms with Gasteiger partial charge in [0.1, 0.15) is 18.2 Å². The Morgan fingerprint density at radius 1 is 1.05 bits per heavy atom. The molecule has 1 aromatic heterocycles. The lowest BCUT2D eigenvalue weighted by Crippen LogP contribution is -2.22. The summed E-state index contributed by atoms with van der Waals surface area (Å²) in [5.41, 5.74) is 4.36. The maximum absolute atomic E-state index is 14.9. The van der Waals surface area contributed by atoms with E-state index < -0.39 is 5.95 Å². The van der Waals surface area contributed by atoms with E-state index in [-0.39, 0.29) is 11.7 Å². The molecular formula is C31H32F2N4O2. The minimum atomic E-state index is -0.577. The number of amides is 1. The number of carbonyl (C=O) groups excluding carboxylic acids is 1. The number of carbonyl (C=O) groups is 1. The summed E-state index contributed by atoms with van der Waals surface area (Å²) in [4.78, 5) is 13.1. The van der Waals surface area contributed by atoms with Crippen molar-refractivity contribution in [3.8, 4) is 5.75 Å². The van der Waals surface area contributed by atoms with Crippen LogP contribution in [-0.2, 0) is 4.79 Å². The molecule has 0 aliphatic rings. The summed E-state index contributed by atoms with van der Waals surface area (Å²) >= 11 is 0. The van der Waals surface area contributed by atoms with Crippen LogP contribution in [0.2, 0.25) is 0 Å². The molecule has 4 aromatic rings. The molecule has 0 bridgehead atoms. The van der Waals surface area contributed by atoms with E-state index in [0.717, 1.165) is 22.3 Å². The molecule has 8 heteroatoms. The van der Waals surface area contributed by atoms with E-state index in [9.17, 15) is 13.6 Å². The maximum atomic E-state index is 14.9. The van der Waals surface area contributed by atoms with Crippen LogP contribution in [0.15, 0.2) is 78.9 Å². The second-order valence-electron chi connectivity index (χ2n) is 9.17. The first-order valence-corrected chi connectivity index (χ1v) is 12.8. The third-order valence-electron chi connectivity index (χ3n) is 6.31. The fourth-order valence-electron chi connectivity index (χ4n) is 4.31. The molecule has 4 rings (SSSR count). The zero-order valence-electron chi connectivity index (χ0n) is 22.3. The Balaban J connectivity index is 1.56. The van der Waals surface area contributed by atoms with Gasteiger partial charge in [0, 0.05) is 38.8 Å². The lowest BCUT2D eigenvalue weighted by Gasteiger charge is -2.17. The minimum absolute atomic E-state index is 0.0578. The number of ether oxygens (including phenoxy) is 1. The number of allylic oxidation sites excluding steroid dienone is 1. The molecule has 6 nitrogen and oxygen atoms in total. The number of halogens is 2. The Morgan fingerprint density at radius 2 is 1.79 bits per heavy atom. The third-order valence-corrected chi connectivity index (χ3v) is 6.31. The number of hydrogen-bond acceptors (Lipinski definition) is 4. The molecule has 1 heterocycles. The van der Waals surface area contributed by atoms with E-state index in [1.165, 1.54) is 17.0 Å². The smallest absolute Gasteiger partial charge is 0.245 e. The Labute approximate surface area is 227 Å². The predicted molar refractivity (Wildman–Crippen MR) is 151 cm³/mol. The van der Waals surface area contributed by atoms with Gasteiger partial charge >= 0.3 is 0 Å². The molecule has 39 heavy (non-hydrogen) atoms. The van der Waals surface area contributed by atoms with Crippen LogP contribution in [-0.4, -0.2) is 54.8 Å². The molecule has 3 aromatic carbocycles. The Morgan fingerprint density at radius 3 is 2.51 bits per heavy atom. The van der Waals surface area contributed by atoms with Crippen molar-refractivity contribution in [1.29, 1.82) is 0 Å². The Hall–Kier alpha value is -4.30. The SMILES string of the molecule is CCC(=C(c1ccc(OCCNCC=CC(=O)N(C)C)cc1)c1ccc2[nH]nc(F)c2c1)c1ccccc1F. The molecule has 0 aliphatic heterocycles. The highest BCUT2D eigenvalue weighted by Crippen LogP contribution is 2.37. The fourth-order valence-corrected chi connectivity index (χ4v) is 4.31. The summed E-state index contributed by atoms with van der Waals surface area (Å²) in [6, 6.07) is 19.7. The van der Waals surface area contributed by atoms with Gasteiger partial charge in [-0.15, -0.1) is 5.10 Å². The average Bonchev–Trinajstić information content (AvgIpc) is 3.31. The van der Waals surface area contributed by atoms with Gasteiger partial charge in [-0.3, -0.25) is 9.89 Å². The molecule has 0 atom stereocenters. The number of benzene rings is 3. The van der Waals surface area contributed by atoms with Crippen LogP contribution in [0, 0.1) is 11.8 Å². The van der Waals surface area contributed by atoms with Gasteiger partial charge in [0.05, 0.1) is 10.9 Å². The molecular weight excluding hydrogens is 498 g/mol. The first-order chi connectivity index (χ1) is 18.9. The Kier molecular flexibility index (Phi) is 9.22. The van der Waals surface area contributed by atoms with Gasteiger partial charge in [-0.05, 0) is 59.0 Å². The largest absolute Gasteiger partial charge is 0.492 e. The second kappa shape index (κ2) is 13.0. The summed E-state index contributed by atoms with van der Waals surface area (Å²) in [5, 5.41) is 9.94. The van der Waals surface area contributed by atoms with E-state index in [1.54, 1.807) is 44.4 Å². The number of nitrogens with zero attached hydrogens (tertiary/aromatic N) is 2. The van der Waals surface area contributed by atoms with Gasteiger partial charge in [0.25, 0.3) is 0 Å². The van der Waals surface area contributed by atoms with Crippen LogP contribution in [0.4, 0.5) is 8.78 Å². The molecule has 0 aliphatic carbocycles. The van der Waals surface area contributed by atoms with Crippen molar-refractivity contribution in [2.45, 2.75) is 13.3 Å². The number of likely N-dealkylation sites (N-methyl/N-ethyl adjacent to an activating group) is 1. The van der Waals surface area contributed by atoms with E-state index in [0.29, 0.717) is 48.3 Å². The summed E-state index contributed by atoms with van der Waals surface area (Å²) in [5.74, 6) is -0.251. The van der Waals surface area contributed by atoms with E-state index in [1.807, 2.05) is 43.3 Å². The van der Waals surface area contributed by atoms with E-state index >= 15 is 0 Å². The van der Waals surface area contributed by atoms with Crippen molar-refractivity contribution in [3.63, 3.8) is 0 Å². The zero-order chi connectivity index (χ0) is 27.8. The highest BCUT2D eigenvalue weighted by molar-refractivity contribution is 6.00. The first kappa shape index (κ1) is 27.7. The normalized spacial score (nSPS) is 12.1.